The van der Waals surface area contributed by atoms with Crippen molar-refractivity contribution in [3.8, 4) is 22.5 Å². The quantitative estimate of drug-likeness (QED) is 0.174. The Kier molecular flexibility index (Phi) is 5.96. The Morgan fingerprint density at radius 2 is 1.06 bits per heavy atom. The molecule has 7 aromatic carbocycles. The zero-order chi connectivity index (χ0) is 33.9. The first-order valence-electron chi connectivity index (χ1n) is 18.0. The molecule has 11 aromatic rings. The summed E-state index contributed by atoms with van der Waals surface area (Å²) >= 11 is 3.82. The maximum absolute atomic E-state index is 2.53. The number of nitrogens with zero attached hydrogens (tertiary/aromatic N) is 2. The summed E-state index contributed by atoms with van der Waals surface area (Å²) in [4.78, 5) is 0. The van der Waals surface area contributed by atoms with Crippen molar-refractivity contribution in [3.63, 3.8) is 0 Å². The maximum atomic E-state index is 2.53. The summed E-state index contributed by atoms with van der Waals surface area (Å²) in [5, 5.41) is 9.31. The molecule has 0 radical (unpaired) electrons. The molecule has 1 aliphatic carbocycles. The number of fused-ring (bicyclic) bond motifs is 12. The molecule has 0 bridgehead atoms. The molecular formula is C48H30N2S2. The fraction of sp³-hybridized carbons (Fsp3) is 0.0417. The molecule has 0 atom stereocenters. The van der Waals surface area contributed by atoms with E-state index in [4.69, 9.17) is 0 Å². The summed E-state index contributed by atoms with van der Waals surface area (Å²) in [6.45, 7) is 0. The van der Waals surface area contributed by atoms with Gasteiger partial charge in [0.05, 0.1) is 16.6 Å². The molecule has 0 aliphatic heterocycles. The number of para-hydroxylation sites is 2. The summed E-state index contributed by atoms with van der Waals surface area (Å²) in [6, 6.07) is 54.3. The molecule has 1 aliphatic rings. The number of allylic oxidation sites excluding steroid dienone is 1. The van der Waals surface area contributed by atoms with Crippen LogP contribution < -0.4 is 0 Å². The van der Waals surface area contributed by atoms with E-state index < -0.39 is 0 Å². The van der Waals surface area contributed by atoms with Crippen LogP contribution in [-0.4, -0.2) is 9.13 Å². The van der Waals surface area contributed by atoms with Gasteiger partial charge in [-0.25, -0.2) is 0 Å². The minimum atomic E-state index is 1.04. The van der Waals surface area contributed by atoms with Gasteiger partial charge in [-0.3, -0.25) is 0 Å². The van der Waals surface area contributed by atoms with Crippen LogP contribution in [0.25, 0.3) is 102 Å². The van der Waals surface area contributed by atoms with Gasteiger partial charge in [-0.2, -0.15) is 0 Å². The molecule has 52 heavy (non-hydrogen) atoms. The van der Waals surface area contributed by atoms with Gasteiger partial charge in [-0.05, 0) is 96.8 Å². The SMILES string of the molecule is C1=Cc2c(n(-c3ccc4c(c3)sc3cc5sc6ccccc6c5cc34)c3ccc(-c4ccc5c(c4)c4ccccc4n5-c4ccccc4)cc23)CC1. The molecule has 0 spiro atoms. The lowest BCUT2D eigenvalue weighted by molar-refractivity contribution is 0.889. The average Bonchev–Trinajstić information content (AvgIpc) is 3.93. The predicted molar refractivity (Wildman–Crippen MR) is 226 cm³/mol. The lowest BCUT2D eigenvalue weighted by atomic mass is 9.98. The smallest absolute Gasteiger partial charge is 0.0541 e. The first-order chi connectivity index (χ1) is 25.8. The van der Waals surface area contributed by atoms with Gasteiger partial charge in [-0.15, -0.1) is 22.7 Å². The van der Waals surface area contributed by atoms with Crippen LogP contribution in [0.1, 0.15) is 17.7 Å². The molecule has 2 nitrogen and oxygen atoms in total. The summed E-state index contributed by atoms with van der Waals surface area (Å²) in [5.41, 5.74) is 11.4. The van der Waals surface area contributed by atoms with Gasteiger partial charge in [0.15, 0.2) is 0 Å². The van der Waals surface area contributed by atoms with Gasteiger partial charge in [-0.1, -0.05) is 84.9 Å². The van der Waals surface area contributed by atoms with Crippen LogP contribution in [0.3, 0.4) is 0 Å². The van der Waals surface area contributed by atoms with Gasteiger partial charge in [0.1, 0.15) is 0 Å². The fourth-order valence-corrected chi connectivity index (χ4v) is 11.2. The van der Waals surface area contributed by atoms with Crippen LogP contribution in [0.5, 0.6) is 0 Å². The zero-order valence-electron chi connectivity index (χ0n) is 28.1. The van der Waals surface area contributed by atoms with E-state index in [1.807, 2.05) is 22.7 Å². The van der Waals surface area contributed by atoms with Crippen molar-refractivity contribution in [3.05, 3.63) is 163 Å². The molecule has 0 fully saturated rings. The third-order valence-electron chi connectivity index (χ3n) is 11.2. The van der Waals surface area contributed by atoms with Gasteiger partial charge < -0.3 is 9.13 Å². The Bertz CT molecular complexity index is 3290. The van der Waals surface area contributed by atoms with Crippen molar-refractivity contribution in [2.45, 2.75) is 12.8 Å². The summed E-state index contributed by atoms with van der Waals surface area (Å²) in [6.07, 6.45) is 6.80. The number of hydrogen-bond donors (Lipinski definition) is 0. The number of benzene rings is 7. The largest absolute Gasteiger partial charge is 0.313 e. The van der Waals surface area contributed by atoms with Crippen molar-refractivity contribution in [1.29, 1.82) is 0 Å². The lowest BCUT2D eigenvalue weighted by Gasteiger charge is -2.13. The highest BCUT2D eigenvalue weighted by Crippen LogP contribution is 2.44. The molecule has 4 aromatic heterocycles. The van der Waals surface area contributed by atoms with Crippen molar-refractivity contribution in [1.82, 2.24) is 9.13 Å². The fourth-order valence-electron chi connectivity index (χ4n) is 8.83. The highest BCUT2D eigenvalue weighted by Gasteiger charge is 2.21. The Labute approximate surface area is 307 Å². The third kappa shape index (κ3) is 4.05. The van der Waals surface area contributed by atoms with E-state index in [2.05, 4.69) is 167 Å². The topological polar surface area (TPSA) is 9.86 Å². The summed E-state index contributed by atoms with van der Waals surface area (Å²) in [7, 11) is 0. The molecule has 4 heteroatoms. The van der Waals surface area contributed by atoms with Gasteiger partial charge in [0.2, 0.25) is 0 Å². The van der Waals surface area contributed by atoms with E-state index in [9.17, 15) is 0 Å². The van der Waals surface area contributed by atoms with E-state index in [0.717, 1.165) is 12.8 Å². The molecule has 12 rings (SSSR count). The van der Waals surface area contributed by atoms with E-state index in [-0.39, 0.29) is 0 Å². The monoisotopic (exact) mass is 698 g/mol. The Hall–Kier alpha value is -5.94. The number of hydrogen-bond acceptors (Lipinski definition) is 2. The van der Waals surface area contributed by atoms with E-state index in [1.165, 1.54) is 107 Å². The van der Waals surface area contributed by atoms with Crippen LogP contribution in [0.15, 0.2) is 152 Å². The number of rotatable bonds is 3. The third-order valence-corrected chi connectivity index (χ3v) is 13.4. The normalized spacial score (nSPS) is 13.2. The van der Waals surface area contributed by atoms with Crippen molar-refractivity contribution < 1.29 is 0 Å². The van der Waals surface area contributed by atoms with Crippen LogP contribution in [0.2, 0.25) is 0 Å². The van der Waals surface area contributed by atoms with Crippen LogP contribution >= 0.6 is 22.7 Å². The molecule has 0 saturated heterocycles. The van der Waals surface area contributed by atoms with Crippen LogP contribution in [0.4, 0.5) is 0 Å². The van der Waals surface area contributed by atoms with E-state index in [0.29, 0.717) is 0 Å². The zero-order valence-corrected chi connectivity index (χ0v) is 29.8. The standard InChI is InChI=1S/C48H30N2S2/c1-2-10-31(11-3-1)49-41-15-7-4-12-33(41)37-24-29(18-22-43(37)49)30-19-23-44-38(25-30)34-13-5-8-16-42(34)50(44)32-20-21-36-40-27-39-35-14-6-9-17-45(35)51-47(39)28-48(40)52-46(36)26-32/h1-7,9-15,17-28H,8,16H2. The van der Waals surface area contributed by atoms with Crippen molar-refractivity contribution in [2.75, 3.05) is 0 Å². The van der Waals surface area contributed by atoms with Crippen molar-refractivity contribution in [2.24, 2.45) is 0 Å². The molecule has 0 amide bonds. The maximum Gasteiger partial charge on any atom is 0.0541 e. The first-order valence-corrected chi connectivity index (χ1v) is 19.6. The predicted octanol–water partition coefficient (Wildman–Crippen LogP) is 14.1. The van der Waals surface area contributed by atoms with Gasteiger partial charge in [0.25, 0.3) is 0 Å². The van der Waals surface area contributed by atoms with Gasteiger partial charge in [0, 0.05) is 79.1 Å². The Balaban J connectivity index is 1.01. The first kappa shape index (κ1) is 28.7. The lowest BCUT2D eigenvalue weighted by Crippen LogP contribution is -2.02. The molecule has 4 heterocycles. The highest BCUT2D eigenvalue weighted by molar-refractivity contribution is 7.28. The Morgan fingerprint density at radius 3 is 1.90 bits per heavy atom. The molecule has 0 saturated carbocycles. The second kappa shape index (κ2) is 10.8. The molecule has 0 N–H and O–H groups in total. The van der Waals surface area contributed by atoms with Crippen molar-refractivity contribution >= 4 is 102 Å². The molecular weight excluding hydrogens is 669 g/mol. The van der Waals surface area contributed by atoms with Crippen LogP contribution in [0, 0.1) is 0 Å². The second-order valence-electron chi connectivity index (χ2n) is 14.0. The highest BCUT2D eigenvalue weighted by atomic mass is 32.1. The molecule has 0 unspecified atom stereocenters. The second-order valence-corrected chi connectivity index (χ2v) is 16.2. The van der Waals surface area contributed by atoms with Gasteiger partial charge >= 0.3 is 0 Å². The summed E-state index contributed by atoms with van der Waals surface area (Å²) in [5.74, 6) is 0. The summed E-state index contributed by atoms with van der Waals surface area (Å²) < 4.78 is 10.4. The number of thiophene rings is 2. The van der Waals surface area contributed by atoms with E-state index >= 15 is 0 Å². The van der Waals surface area contributed by atoms with Crippen LogP contribution in [-0.2, 0) is 6.42 Å². The Morgan fingerprint density at radius 1 is 0.404 bits per heavy atom. The molecule has 244 valence electrons. The minimum Gasteiger partial charge on any atom is -0.313 e. The van der Waals surface area contributed by atoms with E-state index in [1.54, 1.807) is 0 Å². The number of aromatic nitrogens is 2. The average molecular weight is 699 g/mol. The minimum absolute atomic E-state index is 1.04.